The lowest BCUT2D eigenvalue weighted by Crippen LogP contribution is -2.15. The molecule has 0 aliphatic rings. The molecule has 4 aromatic rings. The largest absolute Gasteiger partial charge is 0.322 e. The van der Waals surface area contributed by atoms with E-state index in [2.05, 4.69) is 10.3 Å². The number of ketones is 1. The predicted molar refractivity (Wildman–Crippen MR) is 116 cm³/mol. The summed E-state index contributed by atoms with van der Waals surface area (Å²) in [5.74, 6) is -2.78. The van der Waals surface area contributed by atoms with Crippen LogP contribution < -0.4 is 5.32 Å². The van der Waals surface area contributed by atoms with E-state index in [9.17, 15) is 18.4 Å². The second-order valence-electron chi connectivity index (χ2n) is 6.77. The molecule has 0 bridgehead atoms. The minimum Gasteiger partial charge on any atom is -0.322 e. The van der Waals surface area contributed by atoms with Gasteiger partial charge in [-0.05, 0) is 60.5 Å². The molecule has 1 amide bonds. The van der Waals surface area contributed by atoms with Crippen molar-refractivity contribution in [3.63, 3.8) is 0 Å². The smallest absolute Gasteiger partial charge is 0.261 e. The van der Waals surface area contributed by atoms with E-state index in [0.29, 0.717) is 16.1 Å². The number of anilines is 1. The van der Waals surface area contributed by atoms with Crippen LogP contribution in [0.4, 0.5) is 14.5 Å². The molecule has 7 heteroatoms. The second-order valence-corrected chi connectivity index (χ2v) is 8.03. The fraction of sp³-hybridized carbons (Fsp3) is 0.0417. The topological polar surface area (TPSA) is 59.1 Å². The SMILES string of the molecule is Cc1sc(C(=O)c2ccncc2)cc1-c1ccc(NC(=O)c2c(F)cccc2F)cc1. The molecule has 2 heterocycles. The van der Waals surface area contributed by atoms with Gasteiger partial charge in [0.15, 0.2) is 0 Å². The van der Waals surface area contributed by atoms with Gasteiger partial charge < -0.3 is 5.32 Å². The van der Waals surface area contributed by atoms with Gasteiger partial charge in [0.05, 0.1) is 4.88 Å². The Morgan fingerprint density at radius 3 is 2.23 bits per heavy atom. The standard InChI is InChI=1S/C24H16F2N2O2S/c1-14-18(13-21(31-14)23(29)16-9-11-27-12-10-16)15-5-7-17(8-6-15)28-24(30)22-19(25)3-2-4-20(22)26/h2-13H,1H3,(H,28,30). The molecule has 4 nitrogen and oxygen atoms in total. The fourth-order valence-electron chi connectivity index (χ4n) is 3.17. The van der Waals surface area contributed by atoms with E-state index in [1.807, 2.05) is 13.0 Å². The summed E-state index contributed by atoms with van der Waals surface area (Å²) < 4.78 is 27.6. The summed E-state index contributed by atoms with van der Waals surface area (Å²) in [6, 6.07) is 15.3. The van der Waals surface area contributed by atoms with Gasteiger partial charge in [0, 0.05) is 28.5 Å². The monoisotopic (exact) mass is 434 g/mol. The van der Waals surface area contributed by atoms with E-state index in [1.165, 1.54) is 17.4 Å². The van der Waals surface area contributed by atoms with Crippen molar-refractivity contribution in [2.75, 3.05) is 5.32 Å². The van der Waals surface area contributed by atoms with Gasteiger partial charge in [-0.2, -0.15) is 0 Å². The molecule has 0 aliphatic carbocycles. The van der Waals surface area contributed by atoms with Gasteiger partial charge in [0.25, 0.3) is 5.91 Å². The second kappa shape index (κ2) is 8.57. The molecule has 2 aromatic heterocycles. The lowest BCUT2D eigenvalue weighted by molar-refractivity contribution is 0.101. The number of benzene rings is 2. The summed E-state index contributed by atoms with van der Waals surface area (Å²) >= 11 is 1.40. The zero-order chi connectivity index (χ0) is 22.0. The van der Waals surface area contributed by atoms with Crippen molar-refractivity contribution in [3.05, 3.63) is 106 Å². The Labute approximate surface area is 181 Å². The molecule has 0 fully saturated rings. The van der Waals surface area contributed by atoms with Crippen molar-refractivity contribution < 1.29 is 18.4 Å². The summed E-state index contributed by atoms with van der Waals surface area (Å²) in [6.07, 6.45) is 3.16. The van der Waals surface area contributed by atoms with Crippen molar-refractivity contribution in [2.45, 2.75) is 6.92 Å². The van der Waals surface area contributed by atoms with Crippen LogP contribution in [-0.4, -0.2) is 16.7 Å². The van der Waals surface area contributed by atoms with E-state index < -0.39 is 23.1 Å². The van der Waals surface area contributed by atoms with Crippen LogP contribution in [0.3, 0.4) is 0 Å². The third-order valence-corrected chi connectivity index (χ3v) is 5.78. The molecule has 0 radical (unpaired) electrons. The van der Waals surface area contributed by atoms with E-state index in [-0.39, 0.29) is 5.78 Å². The minimum absolute atomic E-state index is 0.0717. The summed E-state index contributed by atoms with van der Waals surface area (Å²) in [7, 11) is 0. The summed E-state index contributed by atoms with van der Waals surface area (Å²) in [5, 5.41) is 2.50. The molecule has 1 N–H and O–H groups in total. The highest BCUT2D eigenvalue weighted by Crippen LogP contribution is 2.33. The van der Waals surface area contributed by atoms with Gasteiger partial charge >= 0.3 is 0 Å². The number of carbonyl (C=O) groups excluding carboxylic acids is 2. The van der Waals surface area contributed by atoms with Crippen molar-refractivity contribution in [2.24, 2.45) is 0 Å². The number of aryl methyl sites for hydroxylation is 1. The summed E-state index contributed by atoms with van der Waals surface area (Å²) in [4.78, 5) is 30.4. The first kappa shape index (κ1) is 20.6. The molecule has 0 saturated heterocycles. The number of thiophene rings is 1. The number of nitrogens with zero attached hydrogens (tertiary/aromatic N) is 1. The van der Waals surface area contributed by atoms with Gasteiger partial charge in [-0.25, -0.2) is 8.78 Å². The number of pyridine rings is 1. The first-order valence-corrected chi connectivity index (χ1v) is 10.2. The molecule has 0 aliphatic heterocycles. The molecule has 0 spiro atoms. The van der Waals surface area contributed by atoms with Crippen molar-refractivity contribution in [3.8, 4) is 11.1 Å². The Kier molecular flexibility index (Phi) is 5.68. The zero-order valence-corrected chi connectivity index (χ0v) is 17.2. The molecule has 4 rings (SSSR count). The van der Waals surface area contributed by atoms with Gasteiger partial charge in [0.2, 0.25) is 5.78 Å². The first-order valence-electron chi connectivity index (χ1n) is 9.35. The highest BCUT2D eigenvalue weighted by atomic mass is 32.1. The normalized spacial score (nSPS) is 10.7. The molecule has 154 valence electrons. The number of aromatic nitrogens is 1. The van der Waals surface area contributed by atoms with Gasteiger partial charge in [-0.15, -0.1) is 11.3 Å². The maximum Gasteiger partial charge on any atom is 0.261 e. The first-order chi connectivity index (χ1) is 14.9. The maximum absolute atomic E-state index is 13.8. The van der Waals surface area contributed by atoms with E-state index in [0.717, 1.165) is 28.1 Å². The number of halogens is 2. The van der Waals surface area contributed by atoms with Crippen molar-refractivity contribution in [1.29, 1.82) is 0 Å². The van der Waals surface area contributed by atoms with Crippen LogP contribution in [0.15, 0.2) is 73.1 Å². The molecule has 0 unspecified atom stereocenters. The predicted octanol–water partition coefficient (Wildman–Crippen LogP) is 5.88. The molecular weight excluding hydrogens is 418 g/mol. The quantitative estimate of drug-likeness (QED) is 0.399. The Balaban J connectivity index is 1.54. The summed E-state index contributed by atoms with van der Waals surface area (Å²) in [5.41, 5.74) is 2.11. The Hall–Kier alpha value is -3.71. The fourth-order valence-corrected chi connectivity index (χ4v) is 4.17. The third-order valence-electron chi connectivity index (χ3n) is 4.73. The van der Waals surface area contributed by atoms with Crippen LogP contribution in [-0.2, 0) is 0 Å². The van der Waals surface area contributed by atoms with Crippen LogP contribution in [0, 0.1) is 18.6 Å². The average molecular weight is 434 g/mol. The van der Waals surface area contributed by atoms with Gasteiger partial charge in [-0.3, -0.25) is 14.6 Å². The van der Waals surface area contributed by atoms with Gasteiger partial charge in [0.1, 0.15) is 17.2 Å². The van der Waals surface area contributed by atoms with E-state index in [4.69, 9.17) is 0 Å². The number of hydrogen-bond donors (Lipinski definition) is 1. The Morgan fingerprint density at radius 1 is 0.935 bits per heavy atom. The number of hydrogen-bond acceptors (Lipinski definition) is 4. The molecule has 0 atom stereocenters. The number of nitrogens with one attached hydrogen (secondary N) is 1. The number of amides is 1. The van der Waals surface area contributed by atoms with E-state index >= 15 is 0 Å². The maximum atomic E-state index is 13.8. The van der Waals surface area contributed by atoms with Crippen molar-refractivity contribution >= 4 is 28.7 Å². The van der Waals surface area contributed by atoms with Gasteiger partial charge in [-0.1, -0.05) is 18.2 Å². The van der Waals surface area contributed by atoms with Crippen LogP contribution in [0.5, 0.6) is 0 Å². The summed E-state index contributed by atoms with van der Waals surface area (Å²) in [6.45, 7) is 1.93. The molecule has 0 saturated carbocycles. The molecule has 2 aromatic carbocycles. The Morgan fingerprint density at radius 2 is 1.58 bits per heavy atom. The lowest BCUT2D eigenvalue weighted by Gasteiger charge is -2.08. The highest BCUT2D eigenvalue weighted by Gasteiger charge is 2.18. The van der Waals surface area contributed by atoms with Crippen LogP contribution in [0.1, 0.15) is 30.5 Å². The van der Waals surface area contributed by atoms with E-state index in [1.54, 1.807) is 48.8 Å². The number of carbonyl (C=O) groups is 2. The van der Waals surface area contributed by atoms with Crippen molar-refractivity contribution in [1.82, 2.24) is 4.98 Å². The van der Waals surface area contributed by atoms with Crippen LogP contribution in [0.2, 0.25) is 0 Å². The van der Waals surface area contributed by atoms with Crippen LogP contribution in [0.25, 0.3) is 11.1 Å². The third kappa shape index (κ3) is 4.27. The lowest BCUT2D eigenvalue weighted by atomic mass is 10.0. The average Bonchev–Trinajstić information content (AvgIpc) is 3.16. The zero-order valence-electron chi connectivity index (χ0n) is 16.4. The number of rotatable bonds is 5. The minimum atomic E-state index is -0.922. The Bertz CT molecular complexity index is 1250. The van der Waals surface area contributed by atoms with Crippen LogP contribution >= 0.6 is 11.3 Å². The molecular formula is C24H16F2N2O2S. The molecule has 31 heavy (non-hydrogen) atoms. The highest BCUT2D eigenvalue weighted by molar-refractivity contribution is 7.14.